The van der Waals surface area contributed by atoms with E-state index in [-0.39, 0.29) is 12.3 Å². The van der Waals surface area contributed by atoms with Gasteiger partial charge >= 0.3 is 5.97 Å². The van der Waals surface area contributed by atoms with Gasteiger partial charge in [0.25, 0.3) is 0 Å². The smallest absolute Gasteiger partial charge is 0.307 e. The summed E-state index contributed by atoms with van der Waals surface area (Å²) in [6, 6.07) is 5.26. The first-order chi connectivity index (χ1) is 7.10. The number of halogens is 1. The van der Waals surface area contributed by atoms with Crippen molar-refractivity contribution in [3.63, 3.8) is 0 Å². The van der Waals surface area contributed by atoms with Gasteiger partial charge in [0.1, 0.15) is 6.07 Å². The second-order valence-corrected chi connectivity index (χ2v) is 3.64. The second-order valence-electron chi connectivity index (χ2n) is 2.92. The standard InChI is InChI=1S/C10H8ClNO2S/c11-4-7-2-1-6(3-9(13)14)10(15)8(7)5-12/h1-2,15H,3-4H2,(H,13,14). The molecule has 0 spiro atoms. The van der Waals surface area contributed by atoms with E-state index in [4.69, 9.17) is 22.0 Å². The van der Waals surface area contributed by atoms with E-state index in [9.17, 15) is 4.79 Å². The van der Waals surface area contributed by atoms with Crippen LogP contribution < -0.4 is 0 Å². The largest absolute Gasteiger partial charge is 0.481 e. The third kappa shape index (κ3) is 2.65. The number of thiol groups is 1. The Bertz CT molecular complexity index is 440. The lowest BCUT2D eigenvalue weighted by molar-refractivity contribution is -0.136. The number of hydrogen-bond acceptors (Lipinski definition) is 3. The topological polar surface area (TPSA) is 61.1 Å². The average Bonchev–Trinajstić information content (AvgIpc) is 2.20. The molecule has 0 fully saturated rings. The summed E-state index contributed by atoms with van der Waals surface area (Å²) in [4.78, 5) is 10.9. The van der Waals surface area contributed by atoms with Gasteiger partial charge in [0.05, 0.1) is 12.0 Å². The maximum Gasteiger partial charge on any atom is 0.307 e. The van der Waals surface area contributed by atoms with Gasteiger partial charge in [0.15, 0.2) is 0 Å². The lowest BCUT2D eigenvalue weighted by atomic mass is 10.0. The van der Waals surface area contributed by atoms with Gasteiger partial charge in [-0.3, -0.25) is 4.79 Å². The van der Waals surface area contributed by atoms with E-state index >= 15 is 0 Å². The molecular weight excluding hydrogens is 234 g/mol. The Balaban J connectivity index is 3.24. The summed E-state index contributed by atoms with van der Waals surface area (Å²) in [6.07, 6.45) is -0.143. The summed E-state index contributed by atoms with van der Waals surface area (Å²) in [7, 11) is 0. The highest BCUT2D eigenvalue weighted by Gasteiger charge is 2.11. The molecule has 0 unspecified atom stereocenters. The van der Waals surface area contributed by atoms with Crippen molar-refractivity contribution < 1.29 is 9.90 Å². The molecule has 0 amide bonds. The van der Waals surface area contributed by atoms with Crippen LogP contribution in [0.5, 0.6) is 0 Å². The third-order valence-electron chi connectivity index (χ3n) is 1.95. The van der Waals surface area contributed by atoms with Crippen LogP contribution in [0.25, 0.3) is 0 Å². The first-order valence-corrected chi connectivity index (χ1v) is 5.10. The van der Waals surface area contributed by atoms with E-state index in [1.54, 1.807) is 12.1 Å². The average molecular weight is 242 g/mol. The van der Waals surface area contributed by atoms with Gasteiger partial charge in [-0.25, -0.2) is 0 Å². The zero-order chi connectivity index (χ0) is 11.4. The molecule has 1 N–H and O–H groups in total. The third-order valence-corrected chi connectivity index (χ3v) is 2.74. The van der Waals surface area contributed by atoms with Crippen LogP contribution >= 0.6 is 24.2 Å². The van der Waals surface area contributed by atoms with Gasteiger partial charge in [-0.15, -0.1) is 24.2 Å². The summed E-state index contributed by atoms with van der Waals surface area (Å²) in [6.45, 7) is 0. The second kappa shape index (κ2) is 5.06. The van der Waals surface area contributed by atoms with Crippen LogP contribution in [0.2, 0.25) is 0 Å². The van der Waals surface area contributed by atoms with Crippen LogP contribution in [0.4, 0.5) is 0 Å². The van der Waals surface area contributed by atoms with E-state index in [2.05, 4.69) is 12.6 Å². The van der Waals surface area contributed by atoms with Crippen LogP contribution in [-0.4, -0.2) is 11.1 Å². The fourth-order valence-corrected chi connectivity index (χ4v) is 1.79. The van der Waals surface area contributed by atoms with Crippen molar-refractivity contribution in [2.45, 2.75) is 17.2 Å². The monoisotopic (exact) mass is 241 g/mol. The van der Waals surface area contributed by atoms with Gasteiger partial charge in [0.2, 0.25) is 0 Å². The molecule has 0 saturated heterocycles. The predicted octanol–water partition coefficient (Wildman–Crippen LogP) is 2.21. The first-order valence-electron chi connectivity index (χ1n) is 4.11. The lowest BCUT2D eigenvalue weighted by Gasteiger charge is -2.07. The highest BCUT2D eigenvalue weighted by molar-refractivity contribution is 7.80. The van der Waals surface area contributed by atoms with Crippen molar-refractivity contribution >= 4 is 30.2 Å². The number of hydrogen-bond donors (Lipinski definition) is 2. The number of carbonyl (C=O) groups is 1. The zero-order valence-electron chi connectivity index (χ0n) is 7.70. The fraction of sp³-hybridized carbons (Fsp3) is 0.200. The van der Waals surface area contributed by atoms with Crippen molar-refractivity contribution in [3.8, 4) is 6.07 Å². The molecular formula is C10H8ClNO2S. The van der Waals surface area contributed by atoms with Crippen LogP contribution in [0.1, 0.15) is 16.7 Å². The Morgan fingerprint density at radius 2 is 2.13 bits per heavy atom. The molecule has 0 radical (unpaired) electrons. The van der Waals surface area contributed by atoms with Gasteiger partial charge in [-0.1, -0.05) is 12.1 Å². The van der Waals surface area contributed by atoms with Crippen LogP contribution in [0, 0.1) is 11.3 Å². The quantitative estimate of drug-likeness (QED) is 0.630. The SMILES string of the molecule is N#Cc1c(CCl)ccc(CC(=O)O)c1S. The highest BCUT2D eigenvalue weighted by Crippen LogP contribution is 2.24. The molecule has 0 bridgehead atoms. The Morgan fingerprint density at radius 3 is 2.60 bits per heavy atom. The summed E-state index contributed by atoms with van der Waals surface area (Å²) in [5.74, 6) is -0.739. The van der Waals surface area contributed by atoms with Crippen LogP contribution in [-0.2, 0) is 17.1 Å². The Labute approximate surface area is 97.7 Å². The molecule has 0 heterocycles. The highest BCUT2D eigenvalue weighted by atomic mass is 35.5. The molecule has 0 aliphatic rings. The van der Waals surface area contributed by atoms with E-state index < -0.39 is 5.97 Å². The van der Waals surface area contributed by atoms with Crippen LogP contribution in [0.15, 0.2) is 17.0 Å². The summed E-state index contributed by atoms with van der Waals surface area (Å²) < 4.78 is 0. The van der Waals surface area contributed by atoms with Gasteiger partial charge in [-0.2, -0.15) is 5.26 Å². The summed E-state index contributed by atoms with van der Waals surface area (Å²) in [5.41, 5.74) is 1.54. The molecule has 5 heteroatoms. The minimum absolute atomic E-state index is 0.143. The van der Waals surface area contributed by atoms with Gasteiger partial charge < -0.3 is 5.11 Å². The minimum Gasteiger partial charge on any atom is -0.481 e. The zero-order valence-corrected chi connectivity index (χ0v) is 9.35. The van der Waals surface area contributed by atoms with Crippen molar-refractivity contribution in [3.05, 3.63) is 28.8 Å². The van der Waals surface area contributed by atoms with Crippen LogP contribution in [0.3, 0.4) is 0 Å². The maximum absolute atomic E-state index is 10.5. The molecule has 0 aliphatic carbocycles. The Kier molecular flexibility index (Phi) is 4.01. The molecule has 1 aromatic carbocycles. The van der Waals surface area contributed by atoms with Crippen molar-refractivity contribution in [1.29, 1.82) is 5.26 Å². The molecule has 0 aliphatic heterocycles. The molecule has 0 atom stereocenters. The van der Waals surface area contributed by atoms with Crippen molar-refractivity contribution in [1.82, 2.24) is 0 Å². The first kappa shape index (κ1) is 11.9. The molecule has 0 aromatic heterocycles. The summed E-state index contributed by atoms with van der Waals surface area (Å²) >= 11 is 9.78. The molecule has 15 heavy (non-hydrogen) atoms. The minimum atomic E-state index is -0.951. The van der Waals surface area contributed by atoms with E-state index in [1.165, 1.54) is 0 Å². The number of rotatable bonds is 3. The molecule has 78 valence electrons. The Hall–Kier alpha value is -1.18. The summed E-state index contributed by atoms with van der Waals surface area (Å²) in [5, 5.41) is 17.5. The number of alkyl halides is 1. The molecule has 3 nitrogen and oxygen atoms in total. The number of carboxylic acids is 1. The number of nitriles is 1. The predicted molar refractivity (Wildman–Crippen MR) is 59.3 cm³/mol. The lowest BCUT2D eigenvalue weighted by Crippen LogP contribution is -2.03. The molecule has 1 rings (SSSR count). The van der Waals surface area contributed by atoms with E-state index in [0.29, 0.717) is 21.6 Å². The molecule has 1 aromatic rings. The number of carboxylic acid groups (broad SMARTS) is 1. The van der Waals surface area contributed by atoms with E-state index in [0.717, 1.165) is 0 Å². The molecule has 0 saturated carbocycles. The fourth-order valence-electron chi connectivity index (χ4n) is 1.22. The number of benzene rings is 1. The number of aliphatic carboxylic acids is 1. The van der Waals surface area contributed by atoms with Crippen molar-refractivity contribution in [2.24, 2.45) is 0 Å². The normalized spacial score (nSPS) is 9.67. The van der Waals surface area contributed by atoms with Crippen molar-refractivity contribution in [2.75, 3.05) is 0 Å². The van der Waals surface area contributed by atoms with Gasteiger partial charge in [-0.05, 0) is 11.1 Å². The van der Waals surface area contributed by atoms with Gasteiger partial charge in [0, 0.05) is 10.8 Å². The Morgan fingerprint density at radius 1 is 1.53 bits per heavy atom. The number of nitrogens with zero attached hydrogens (tertiary/aromatic N) is 1. The maximum atomic E-state index is 10.5. The van der Waals surface area contributed by atoms with E-state index in [1.807, 2.05) is 6.07 Å².